The number of likely N-dealkylation sites (tertiary alicyclic amines) is 1. The number of carbonyl (C=O) groups excluding carboxylic acids is 1. The summed E-state index contributed by atoms with van der Waals surface area (Å²) in [4.78, 5) is 16.2. The molecule has 1 aliphatic heterocycles. The summed E-state index contributed by atoms with van der Waals surface area (Å²) in [5.41, 5.74) is 2.32. The van der Waals surface area contributed by atoms with E-state index in [-0.39, 0.29) is 5.91 Å². The molecule has 0 saturated carbocycles. The molecular weight excluding hydrogens is 368 g/mol. The molecule has 146 valence electrons. The van der Waals surface area contributed by atoms with Gasteiger partial charge in [0, 0.05) is 36.5 Å². The minimum Gasteiger partial charge on any atom is -0.380 e. The molecule has 0 bridgehead atoms. The number of amides is 1. The van der Waals surface area contributed by atoms with Crippen LogP contribution in [0.25, 0.3) is 10.1 Å². The summed E-state index contributed by atoms with van der Waals surface area (Å²) in [5.74, 6) is 0.0137. The zero-order valence-corrected chi connectivity index (χ0v) is 17.0. The van der Waals surface area contributed by atoms with Gasteiger partial charge in [0.15, 0.2) is 0 Å². The Labute approximate surface area is 170 Å². The lowest BCUT2D eigenvalue weighted by Gasteiger charge is -2.24. The van der Waals surface area contributed by atoms with Crippen molar-refractivity contribution >= 4 is 27.3 Å². The van der Waals surface area contributed by atoms with E-state index in [1.165, 1.54) is 12.0 Å². The number of carbonyl (C=O) groups is 1. The van der Waals surface area contributed by atoms with E-state index < -0.39 is 0 Å². The first-order valence-corrected chi connectivity index (χ1v) is 10.6. The van der Waals surface area contributed by atoms with E-state index in [0.717, 1.165) is 40.0 Å². The first kappa shape index (κ1) is 19.1. The lowest BCUT2D eigenvalue weighted by Crippen LogP contribution is -2.39. The lowest BCUT2D eigenvalue weighted by atomic mass is 10.1. The smallest absolute Gasteiger partial charge is 0.261 e. The summed E-state index contributed by atoms with van der Waals surface area (Å²) >= 11 is 1.55. The zero-order valence-electron chi connectivity index (χ0n) is 16.2. The Morgan fingerprint density at radius 2 is 1.96 bits per heavy atom. The summed E-state index contributed by atoms with van der Waals surface area (Å²) in [6.45, 7) is 3.18. The molecule has 28 heavy (non-hydrogen) atoms. The van der Waals surface area contributed by atoms with Gasteiger partial charge in [-0.1, -0.05) is 48.5 Å². The van der Waals surface area contributed by atoms with Gasteiger partial charge in [0.05, 0.1) is 11.5 Å². The molecule has 4 rings (SSSR count). The van der Waals surface area contributed by atoms with E-state index in [0.29, 0.717) is 19.2 Å². The summed E-state index contributed by atoms with van der Waals surface area (Å²) in [6, 6.07) is 19.1. The fourth-order valence-electron chi connectivity index (χ4n) is 4.01. The van der Waals surface area contributed by atoms with E-state index in [4.69, 9.17) is 4.74 Å². The fourth-order valence-corrected chi connectivity index (χ4v) is 5.14. The molecule has 0 radical (unpaired) electrons. The minimum absolute atomic E-state index is 0.0137. The number of ether oxygens (including phenoxy) is 1. The topological polar surface area (TPSA) is 41.6 Å². The second-order valence-electron chi connectivity index (χ2n) is 7.30. The van der Waals surface area contributed by atoms with Gasteiger partial charge in [-0.05, 0) is 36.4 Å². The molecule has 1 amide bonds. The van der Waals surface area contributed by atoms with Crippen molar-refractivity contribution in [3.63, 3.8) is 0 Å². The Bertz CT molecular complexity index is 938. The molecule has 0 spiro atoms. The van der Waals surface area contributed by atoms with Gasteiger partial charge in [-0.25, -0.2) is 0 Å². The second-order valence-corrected chi connectivity index (χ2v) is 8.35. The molecule has 2 aromatic carbocycles. The van der Waals surface area contributed by atoms with Crippen LogP contribution >= 0.6 is 11.3 Å². The third kappa shape index (κ3) is 4.12. The molecule has 1 aliphatic rings. The van der Waals surface area contributed by atoms with E-state index in [2.05, 4.69) is 46.6 Å². The van der Waals surface area contributed by atoms with Crippen LogP contribution in [-0.2, 0) is 17.9 Å². The van der Waals surface area contributed by atoms with Crippen LogP contribution in [0.4, 0.5) is 0 Å². The van der Waals surface area contributed by atoms with Crippen molar-refractivity contribution in [1.29, 1.82) is 0 Å². The highest BCUT2D eigenvalue weighted by atomic mass is 32.1. The molecule has 2 heterocycles. The van der Waals surface area contributed by atoms with Crippen molar-refractivity contribution in [2.75, 3.05) is 20.2 Å². The first-order valence-electron chi connectivity index (χ1n) is 9.82. The Balaban J connectivity index is 1.44. The van der Waals surface area contributed by atoms with Crippen LogP contribution in [0.5, 0.6) is 0 Å². The molecule has 5 heteroatoms. The van der Waals surface area contributed by atoms with Gasteiger partial charge in [0.25, 0.3) is 5.91 Å². The van der Waals surface area contributed by atoms with Crippen molar-refractivity contribution in [2.45, 2.75) is 32.0 Å². The maximum atomic E-state index is 13.0. The molecule has 3 aromatic rings. The number of hydrogen-bond acceptors (Lipinski definition) is 4. The quantitative estimate of drug-likeness (QED) is 0.644. The fraction of sp³-hybridized carbons (Fsp3) is 0.348. The Morgan fingerprint density at radius 3 is 2.79 bits per heavy atom. The summed E-state index contributed by atoms with van der Waals surface area (Å²) in [5, 5.41) is 4.31. The monoisotopic (exact) mass is 394 g/mol. The SMILES string of the molecule is COCc1c(C(=O)NC[C@@H]2CCCN2Cc2ccccc2)sc2ccccc12. The standard InChI is InChI=1S/C23H26N2O2S/c1-27-16-20-19-11-5-6-12-21(19)28-22(20)23(26)24-14-18-10-7-13-25(18)15-17-8-3-2-4-9-17/h2-6,8-9,11-12,18H,7,10,13-16H2,1H3,(H,24,26)/t18-/m0/s1. The van der Waals surface area contributed by atoms with E-state index in [9.17, 15) is 4.79 Å². The Kier molecular flexibility index (Phi) is 6.05. The van der Waals surface area contributed by atoms with Crippen LogP contribution in [-0.4, -0.2) is 37.0 Å². The number of thiophene rings is 1. The van der Waals surface area contributed by atoms with Crippen molar-refractivity contribution in [3.8, 4) is 0 Å². The average molecular weight is 395 g/mol. The largest absolute Gasteiger partial charge is 0.380 e. The second kappa shape index (κ2) is 8.86. The molecule has 0 aliphatic carbocycles. The van der Waals surface area contributed by atoms with Crippen LogP contribution in [0.15, 0.2) is 54.6 Å². The number of benzene rings is 2. The minimum atomic E-state index is 0.0137. The van der Waals surface area contributed by atoms with Gasteiger partial charge in [-0.3, -0.25) is 9.69 Å². The predicted molar refractivity (Wildman–Crippen MR) is 115 cm³/mol. The van der Waals surface area contributed by atoms with E-state index in [1.807, 2.05) is 18.2 Å². The summed E-state index contributed by atoms with van der Waals surface area (Å²) in [6.07, 6.45) is 2.32. The molecule has 1 N–H and O–H groups in total. The Hall–Kier alpha value is -2.21. The first-order chi connectivity index (χ1) is 13.8. The molecule has 1 saturated heterocycles. The highest BCUT2D eigenvalue weighted by Gasteiger charge is 2.26. The number of fused-ring (bicyclic) bond motifs is 1. The van der Waals surface area contributed by atoms with Crippen LogP contribution in [0.3, 0.4) is 0 Å². The van der Waals surface area contributed by atoms with Gasteiger partial charge >= 0.3 is 0 Å². The third-order valence-electron chi connectivity index (χ3n) is 5.42. The highest BCUT2D eigenvalue weighted by molar-refractivity contribution is 7.21. The molecule has 1 fully saturated rings. The molecular formula is C23H26N2O2S. The van der Waals surface area contributed by atoms with Crippen LogP contribution in [0.1, 0.15) is 33.6 Å². The molecule has 4 nitrogen and oxygen atoms in total. The number of methoxy groups -OCH3 is 1. The van der Waals surface area contributed by atoms with E-state index in [1.54, 1.807) is 18.4 Å². The number of nitrogens with one attached hydrogen (secondary N) is 1. The normalized spacial score (nSPS) is 17.2. The maximum Gasteiger partial charge on any atom is 0.261 e. The number of rotatable bonds is 7. The molecule has 1 aromatic heterocycles. The van der Waals surface area contributed by atoms with Crippen molar-refractivity contribution in [3.05, 3.63) is 70.6 Å². The number of nitrogens with zero attached hydrogens (tertiary/aromatic N) is 1. The molecule has 1 atom stereocenters. The van der Waals surface area contributed by atoms with Gasteiger partial charge in [0.2, 0.25) is 0 Å². The molecule has 0 unspecified atom stereocenters. The third-order valence-corrected chi connectivity index (χ3v) is 6.63. The average Bonchev–Trinajstić information content (AvgIpc) is 3.32. The van der Waals surface area contributed by atoms with Gasteiger partial charge < -0.3 is 10.1 Å². The van der Waals surface area contributed by atoms with Crippen LogP contribution in [0.2, 0.25) is 0 Å². The predicted octanol–water partition coefficient (Wildman–Crippen LogP) is 4.44. The van der Waals surface area contributed by atoms with E-state index >= 15 is 0 Å². The maximum absolute atomic E-state index is 13.0. The summed E-state index contributed by atoms with van der Waals surface area (Å²) in [7, 11) is 1.67. The van der Waals surface area contributed by atoms with Gasteiger partial charge in [0.1, 0.15) is 0 Å². The number of hydrogen-bond donors (Lipinski definition) is 1. The van der Waals surface area contributed by atoms with Crippen molar-refractivity contribution < 1.29 is 9.53 Å². The summed E-state index contributed by atoms with van der Waals surface area (Å²) < 4.78 is 6.50. The zero-order chi connectivity index (χ0) is 19.3. The van der Waals surface area contributed by atoms with Gasteiger partial charge in [-0.2, -0.15) is 0 Å². The van der Waals surface area contributed by atoms with Crippen LogP contribution < -0.4 is 5.32 Å². The lowest BCUT2D eigenvalue weighted by molar-refractivity contribution is 0.0939. The Morgan fingerprint density at radius 1 is 1.18 bits per heavy atom. The van der Waals surface area contributed by atoms with Crippen LogP contribution in [0, 0.1) is 0 Å². The van der Waals surface area contributed by atoms with Crippen molar-refractivity contribution in [2.24, 2.45) is 0 Å². The van der Waals surface area contributed by atoms with Gasteiger partial charge in [-0.15, -0.1) is 11.3 Å². The highest BCUT2D eigenvalue weighted by Crippen LogP contribution is 2.32. The van der Waals surface area contributed by atoms with Crippen molar-refractivity contribution in [1.82, 2.24) is 10.2 Å².